The average molecular weight is 276 g/mol. The molecule has 2 aliphatic rings. The van der Waals surface area contributed by atoms with Crippen molar-refractivity contribution in [2.24, 2.45) is 5.73 Å². The van der Waals surface area contributed by atoms with Crippen LogP contribution in [0.2, 0.25) is 0 Å². The van der Waals surface area contributed by atoms with Gasteiger partial charge in [0.1, 0.15) is 5.75 Å². The Labute approximate surface area is 117 Å². The number of carbonyl (C=O) groups excluding carboxylic acids is 1. The maximum Gasteiger partial charge on any atom is 0.492 e. The molecule has 0 atom stereocenters. The monoisotopic (exact) mass is 276 g/mol. The van der Waals surface area contributed by atoms with Crippen molar-refractivity contribution in [2.75, 3.05) is 19.6 Å². The number of nitrogens with one attached hydrogen (secondary N) is 1. The summed E-state index contributed by atoms with van der Waals surface area (Å²) in [7, 11) is -0.973. The normalized spacial score (nSPS) is 20.0. The van der Waals surface area contributed by atoms with Crippen LogP contribution in [0.4, 0.5) is 0 Å². The molecule has 106 valence electrons. The molecule has 0 unspecified atom stereocenters. The Hall–Kier alpha value is -1.41. The lowest BCUT2D eigenvalue weighted by Crippen LogP contribution is -2.40. The van der Waals surface area contributed by atoms with Crippen LogP contribution in [-0.4, -0.2) is 37.7 Å². The van der Waals surface area contributed by atoms with Crippen molar-refractivity contribution in [3.05, 3.63) is 23.8 Å². The van der Waals surface area contributed by atoms with Gasteiger partial charge in [-0.15, -0.1) is 0 Å². The molecule has 1 fully saturated rings. The predicted molar refractivity (Wildman–Crippen MR) is 73.6 cm³/mol. The summed E-state index contributed by atoms with van der Waals surface area (Å²) < 4.78 is 10.9. The number of ether oxygens (including phenoxy) is 1. The number of hydrogen-bond acceptors (Lipinski definition) is 6. The third-order valence-corrected chi connectivity index (χ3v) is 3.93. The summed E-state index contributed by atoms with van der Waals surface area (Å²) in [6, 6.07) is 5.25. The molecule has 6 nitrogen and oxygen atoms in total. The molecule has 1 aromatic rings. The molecule has 0 radical (unpaired) electrons. The van der Waals surface area contributed by atoms with Gasteiger partial charge in [0.05, 0.1) is 12.1 Å². The largest absolute Gasteiger partial charge is 0.492 e. The molecular formula is C13H17BN2O4. The van der Waals surface area contributed by atoms with Crippen molar-refractivity contribution in [1.29, 1.82) is 0 Å². The topological polar surface area (TPSA) is 93.8 Å². The van der Waals surface area contributed by atoms with Crippen LogP contribution in [0.1, 0.15) is 18.4 Å². The molecule has 0 aromatic heterocycles. The highest BCUT2D eigenvalue weighted by Gasteiger charge is 2.47. The van der Waals surface area contributed by atoms with Gasteiger partial charge in [0, 0.05) is 0 Å². The van der Waals surface area contributed by atoms with E-state index >= 15 is 0 Å². The van der Waals surface area contributed by atoms with Crippen LogP contribution in [0, 0.1) is 0 Å². The van der Waals surface area contributed by atoms with Crippen LogP contribution in [0.15, 0.2) is 18.2 Å². The Morgan fingerprint density at radius 2 is 2.25 bits per heavy atom. The highest BCUT2D eigenvalue weighted by Crippen LogP contribution is 2.39. The van der Waals surface area contributed by atoms with E-state index in [4.69, 9.17) is 15.1 Å². The molecule has 20 heavy (non-hydrogen) atoms. The standard InChI is InChI=1S/C13H17BN2O4/c15-8-12(17)19-9-1-2-10-11(7-9)14(18)20-13(10)3-5-16-6-4-13/h1-2,7,16,18H,3-6,8,15H2. The minimum absolute atomic E-state index is 0.175. The number of rotatable bonds is 2. The van der Waals surface area contributed by atoms with Crippen LogP contribution in [-0.2, 0) is 15.0 Å². The van der Waals surface area contributed by atoms with E-state index in [-0.39, 0.29) is 6.54 Å². The fourth-order valence-electron chi connectivity index (χ4n) is 2.96. The second-order valence-corrected chi connectivity index (χ2v) is 5.14. The van der Waals surface area contributed by atoms with E-state index in [1.54, 1.807) is 12.1 Å². The van der Waals surface area contributed by atoms with Gasteiger partial charge in [-0.1, -0.05) is 6.07 Å². The van der Waals surface area contributed by atoms with Gasteiger partial charge in [0.25, 0.3) is 0 Å². The maximum absolute atomic E-state index is 11.2. The zero-order chi connectivity index (χ0) is 14.2. The first kappa shape index (κ1) is 13.6. The quantitative estimate of drug-likeness (QED) is 0.359. The highest BCUT2D eigenvalue weighted by atomic mass is 16.5. The molecule has 1 spiro atoms. The summed E-state index contributed by atoms with van der Waals surface area (Å²) in [5.41, 5.74) is 6.46. The van der Waals surface area contributed by atoms with Crippen LogP contribution in [0.3, 0.4) is 0 Å². The summed E-state index contributed by atoms with van der Waals surface area (Å²) in [6.07, 6.45) is 1.64. The fourth-order valence-corrected chi connectivity index (χ4v) is 2.96. The van der Waals surface area contributed by atoms with Gasteiger partial charge < -0.3 is 25.5 Å². The Balaban J connectivity index is 1.91. The van der Waals surface area contributed by atoms with Gasteiger partial charge in [0.15, 0.2) is 0 Å². The van der Waals surface area contributed by atoms with E-state index < -0.39 is 18.7 Å². The highest BCUT2D eigenvalue weighted by molar-refractivity contribution is 6.62. The molecular weight excluding hydrogens is 259 g/mol. The van der Waals surface area contributed by atoms with Crippen molar-refractivity contribution >= 4 is 18.6 Å². The van der Waals surface area contributed by atoms with Gasteiger partial charge in [-0.05, 0) is 49.1 Å². The number of fused-ring (bicyclic) bond motifs is 2. The van der Waals surface area contributed by atoms with Gasteiger partial charge in [0.2, 0.25) is 0 Å². The molecule has 1 aromatic carbocycles. The lowest BCUT2D eigenvalue weighted by molar-refractivity contribution is -0.132. The Morgan fingerprint density at radius 3 is 2.95 bits per heavy atom. The minimum Gasteiger partial charge on any atom is -0.426 e. The maximum atomic E-state index is 11.2. The van der Waals surface area contributed by atoms with Crippen molar-refractivity contribution in [3.63, 3.8) is 0 Å². The van der Waals surface area contributed by atoms with Crippen molar-refractivity contribution in [3.8, 4) is 5.75 Å². The van der Waals surface area contributed by atoms with Gasteiger partial charge >= 0.3 is 13.1 Å². The van der Waals surface area contributed by atoms with Gasteiger partial charge in [-0.3, -0.25) is 4.79 Å². The van der Waals surface area contributed by atoms with Crippen LogP contribution in [0.25, 0.3) is 0 Å². The van der Waals surface area contributed by atoms with E-state index in [2.05, 4.69) is 5.32 Å². The second kappa shape index (κ2) is 5.18. The number of nitrogens with two attached hydrogens (primary N) is 1. The van der Waals surface area contributed by atoms with Crippen molar-refractivity contribution in [1.82, 2.24) is 5.32 Å². The molecule has 2 aliphatic heterocycles. The number of carbonyl (C=O) groups is 1. The van der Waals surface area contributed by atoms with Gasteiger partial charge in [-0.25, -0.2) is 0 Å². The smallest absolute Gasteiger partial charge is 0.426 e. The summed E-state index contributed by atoms with van der Waals surface area (Å²) in [5.74, 6) is -0.122. The third kappa shape index (κ3) is 2.22. The van der Waals surface area contributed by atoms with Crippen molar-refractivity contribution < 1.29 is 19.2 Å². The minimum atomic E-state index is -0.973. The number of esters is 1. The summed E-state index contributed by atoms with van der Waals surface area (Å²) in [5, 5.41) is 13.4. The molecule has 0 amide bonds. The molecule has 0 bridgehead atoms. The molecule has 7 heteroatoms. The molecule has 0 aliphatic carbocycles. The first-order valence-corrected chi connectivity index (χ1v) is 6.76. The van der Waals surface area contributed by atoms with E-state index in [0.29, 0.717) is 11.2 Å². The van der Waals surface area contributed by atoms with E-state index in [0.717, 1.165) is 31.5 Å². The average Bonchev–Trinajstić information content (AvgIpc) is 2.72. The third-order valence-electron chi connectivity index (χ3n) is 3.93. The first-order valence-electron chi connectivity index (χ1n) is 6.76. The van der Waals surface area contributed by atoms with Crippen LogP contribution < -0.4 is 21.3 Å². The van der Waals surface area contributed by atoms with E-state index in [1.807, 2.05) is 6.07 Å². The van der Waals surface area contributed by atoms with E-state index in [1.165, 1.54) is 0 Å². The van der Waals surface area contributed by atoms with Crippen molar-refractivity contribution in [2.45, 2.75) is 18.4 Å². The zero-order valence-corrected chi connectivity index (χ0v) is 11.1. The lowest BCUT2D eigenvalue weighted by atomic mass is 9.76. The molecule has 2 heterocycles. The molecule has 3 rings (SSSR count). The van der Waals surface area contributed by atoms with Crippen LogP contribution >= 0.6 is 0 Å². The Kier molecular flexibility index (Phi) is 3.51. The Morgan fingerprint density at radius 1 is 1.50 bits per heavy atom. The molecule has 1 saturated heterocycles. The van der Waals surface area contributed by atoms with E-state index in [9.17, 15) is 9.82 Å². The summed E-state index contributed by atoms with van der Waals surface area (Å²) >= 11 is 0. The zero-order valence-electron chi connectivity index (χ0n) is 11.1. The number of hydrogen-bond donors (Lipinski definition) is 3. The fraction of sp³-hybridized carbons (Fsp3) is 0.462. The lowest BCUT2D eigenvalue weighted by Gasteiger charge is -2.35. The molecule has 4 N–H and O–H groups in total. The van der Waals surface area contributed by atoms with Crippen LogP contribution in [0.5, 0.6) is 5.75 Å². The van der Waals surface area contributed by atoms with Gasteiger partial charge in [-0.2, -0.15) is 0 Å². The predicted octanol–water partition coefficient (Wildman–Crippen LogP) is -1.15. The number of benzene rings is 1. The summed E-state index contributed by atoms with van der Waals surface area (Å²) in [6.45, 7) is 1.54. The molecule has 0 saturated carbocycles. The summed E-state index contributed by atoms with van der Waals surface area (Å²) in [4.78, 5) is 11.2. The number of piperidine rings is 1. The second-order valence-electron chi connectivity index (χ2n) is 5.14. The SMILES string of the molecule is NCC(=O)Oc1ccc2c(c1)B(O)OC21CCNCC1. The first-order chi connectivity index (χ1) is 9.64. The Bertz CT molecular complexity index is 531.